The molecular formula is C14H26N2O4S. The summed E-state index contributed by atoms with van der Waals surface area (Å²) in [4.78, 5) is 13.7. The number of amides is 1. The van der Waals surface area contributed by atoms with Gasteiger partial charge in [-0.2, -0.15) is 0 Å². The van der Waals surface area contributed by atoms with Crippen molar-refractivity contribution in [2.24, 2.45) is 5.92 Å². The van der Waals surface area contributed by atoms with Crippen molar-refractivity contribution in [3.05, 3.63) is 0 Å². The summed E-state index contributed by atoms with van der Waals surface area (Å²) >= 11 is 0. The predicted octanol–water partition coefficient (Wildman–Crippen LogP) is 1.02. The highest BCUT2D eigenvalue weighted by Crippen LogP contribution is 2.20. The van der Waals surface area contributed by atoms with Crippen LogP contribution in [0.15, 0.2) is 0 Å². The molecule has 0 saturated carbocycles. The lowest BCUT2D eigenvalue weighted by Gasteiger charge is -2.24. The standard InChI is InChI=1S/C14H26N2O4S/c1-14(2,3)20-13(17)16-6-4-11(9-16)8-15-12-5-7-21(18,19)10-12/h11-12,15H,4-10H2,1-3H3. The SMILES string of the molecule is CC(C)(C)OC(=O)N1CCC(CNC2CCS(=O)(=O)C2)C1. The van der Waals surface area contributed by atoms with Crippen LogP contribution in [0, 0.1) is 5.92 Å². The van der Waals surface area contributed by atoms with Crippen LogP contribution in [0.5, 0.6) is 0 Å². The molecule has 122 valence electrons. The number of hydrogen-bond acceptors (Lipinski definition) is 5. The maximum Gasteiger partial charge on any atom is 0.410 e. The Hall–Kier alpha value is -0.820. The van der Waals surface area contributed by atoms with E-state index >= 15 is 0 Å². The van der Waals surface area contributed by atoms with Crippen LogP contribution >= 0.6 is 0 Å². The van der Waals surface area contributed by atoms with E-state index < -0.39 is 15.4 Å². The predicted molar refractivity (Wildman–Crippen MR) is 81.0 cm³/mol. The first-order valence-electron chi connectivity index (χ1n) is 7.56. The van der Waals surface area contributed by atoms with Crippen LogP contribution in [0.1, 0.15) is 33.6 Å². The van der Waals surface area contributed by atoms with Crippen LogP contribution in [0.2, 0.25) is 0 Å². The number of rotatable bonds is 3. The maximum absolute atomic E-state index is 12.0. The van der Waals surface area contributed by atoms with Gasteiger partial charge in [0.25, 0.3) is 0 Å². The van der Waals surface area contributed by atoms with Crippen molar-refractivity contribution >= 4 is 15.9 Å². The molecule has 0 aromatic rings. The van der Waals surface area contributed by atoms with Crippen molar-refractivity contribution in [2.75, 3.05) is 31.1 Å². The second-order valence-electron chi connectivity index (χ2n) is 7.09. The minimum Gasteiger partial charge on any atom is -0.444 e. The molecule has 2 atom stereocenters. The van der Waals surface area contributed by atoms with Gasteiger partial charge < -0.3 is 15.0 Å². The summed E-state index contributed by atoms with van der Waals surface area (Å²) in [5, 5.41) is 3.33. The van der Waals surface area contributed by atoms with Crippen LogP contribution < -0.4 is 5.32 Å². The second kappa shape index (κ2) is 6.12. The Bertz CT molecular complexity index is 484. The highest BCUT2D eigenvalue weighted by molar-refractivity contribution is 7.91. The summed E-state index contributed by atoms with van der Waals surface area (Å²) in [7, 11) is -2.83. The first-order chi connectivity index (χ1) is 9.65. The number of carbonyl (C=O) groups excluding carboxylic acids is 1. The van der Waals surface area contributed by atoms with Crippen molar-refractivity contribution in [3.63, 3.8) is 0 Å². The largest absolute Gasteiger partial charge is 0.444 e. The lowest BCUT2D eigenvalue weighted by molar-refractivity contribution is 0.0288. The third kappa shape index (κ3) is 5.14. The van der Waals surface area contributed by atoms with Crippen molar-refractivity contribution < 1.29 is 17.9 Å². The Balaban J connectivity index is 1.72. The van der Waals surface area contributed by atoms with Crippen molar-refractivity contribution in [3.8, 4) is 0 Å². The van der Waals surface area contributed by atoms with Crippen molar-refractivity contribution in [2.45, 2.75) is 45.3 Å². The Kier molecular flexibility index (Phi) is 4.82. The van der Waals surface area contributed by atoms with Gasteiger partial charge in [0.1, 0.15) is 5.60 Å². The molecule has 2 aliphatic heterocycles. The summed E-state index contributed by atoms with van der Waals surface area (Å²) in [6.07, 6.45) is 1.38. The fraction of sp³-hybridized carbons (Fsp3) is 0.929. The minimum atomic E-state index is -2.83. The molecule has 0 aromatic carbocycles. The monoisotopic (exact) mass is 318 g/mol. The summed E-state index contributed by atoms with van der Waals surface area (Å²) in [6, 6.07) is 0.0746. The average molecular weight is 318 g/mol. The summed E-state index contributed by atoms with van der Waals surface area (Å²) in [6.45, 7) is 7.74. The summed E-state index contributed by atoms with van der Waals surface area (Å²) in [5.74, 6) is 0.912. The number of nitrogens with zero attached hydrogens (tertiary/aromatic N) is 1. The Morgan fingerprint density at radius 3 is 2.62 bits per heavy atom. The summed E-state index contributed by atoms with van der Waals surface area (Å²) < 4.78 is 28.2. The molecule has 1 N–H and O–H groups in total. The van der Waals surface area contributed by atoms with Crippen LogP contribution in [-0.2, 0) is 14.6 Å². The number of nitrogens with one attached hydrogen (secondary N) is 1. The van der Waals surface area contributed by atoms with E-state index in [0.717, 1.165) is 13.0 Å². The van der Waals surface area contributed by atoms with Crippen LogP contribution in [-0.4, -0.2) is 62.2 Å². The molecule has 0 aromatic heterocycles. The molecule has 2 unspecified atom stereocenters. The number of carbonyl (C=O) groups is 1. The molecule has 0 bridgehead atoms. The van der Waals surface area contributed by atoms with Gasteiger partial charge in [-0.25, -0.2) is 13.2 Å². The molecule has 0 radical (unpaired) electrons. The molecule has 2 aliphatic rings. The summed E-state index contributed by atoms with van der Waals surface area (Å²) in [5.41, 5.74) is -0.467. The number of likely N-dealkylation sites (tertiary alicyclic amines) is 1. The first-order valence-corrected chi connectivity index (χ1v) is 9.38. The quantitative estimate of drug-likeness (QED) is 0.841. The van der Waals surface area contributed by atoms with E-state index in [2.05, 4.69) is 5.32 Å². The maximum atomic E-state index is 12.0. The van der Waals surface area contributed by atoms with Gasteiger partial charge in [0.15, 0.2) is 9.84 Å². The highest BCUT2D eigenvalue weighted by Gasteiger charge is 2.32. The molecule has 0 spiro atoms. The lowest BCUT2D eigenvalue weighted by Crippen LogP contribution is -2.37. The van der Waals surface area contributed by atoms with Crippen molar-refractivity contribution in [1.82, 2.24) is 10.2 Å². The van der Waals surface area contributed by atoms with Gasteiger partial charge in [-0.15, -0.1) is 0 Å². The van der Waals surface area contributed by atoms with Gasteiger partial charge in [0, 0.05) is 25.7 Å². The van der Waals surface area contributed by atoms with Gasteiger partial charge in [-0.3, -0.25) is 0 Å². The average Bonchev–Trinajstić information content (AvgIpc) is 2.91. The zero-order valence-electron chi connectivity index (χ0n) is 13.1. The number of sulfone groups is 1. The molecule has 7 heteroatoms. The zero-order chi connectivity index (χ0) is 15.7. The third-order valence-corrected chi connectivity index (χ3v) is 5.63. The topological polar surface area (TPSA) is 75.7 Å². The van der Waals surface area contributed by atoms with Gasteiger partial charge in [-0.05, 0) is 39.5 Å². The van der Waals surface area contributed by atoms with Gasteiger partial charge >= 0.3 is 6.09 Å². The molecule has 2 saturated heterocycles. The molecule has 2 heterocycles. The molecular weight excluding hydrogens is 292 g/mol. The number of ether oxygens (including phenoxy) is 1. The fourth-order valence-corrected chi connectivity index (χ4v) is 4.49. The smallest absolute Gasteiger partial charge is 0.410 e. The van der Waals surface area contributed by atoms with E-state index in [1.54, 1.807) is 4.90 Å². The zero-order valence-corrected chi connectivity index (χ0v) is 13.9. The van der Waals surface area contributed by atoms with E-state index in [0.29, 0.717) is 31.2 Å². The van der Waals surface area contributed by atoms with Gasteiger partial charge in [0.2, 0.25) is 0 Å². The molecule has 21 heavy (non-hydrogen) atoms. The van der Waals surface area contributed by atoms with Crippen LogP contribution in [0.25, 0.3) is 0 Å². The minimum absolute atomic E-state index is 0.0746. The lowest BCUT2D eigenvalue weighted by atomic mass is 10.1. The molecule has 2 rings (SSSR count). The van der Waals surface area contributed by atoms with E-state index in [9.17, 15) is 13.2 Å². The van der Waals surface area contributed by atoms with Crippen LogP contribution in [0.4, 0.5) is 4.79 Å². The Labute approximate surface area is 127 Å². The molecule has 1 amide bonds. The molecule has 2 fully saturated rings. The second-order valence-corrected chi connectivity index (χ2v) is 9.32. The molecule has 6 nitrogen and oxygen atoms in total. The third-order valence-electron chi connectivity index (χ3n) is 3.87. The number of hydrogen-bond donors (Lipinski definition) is 1. The molecule has 0 aliphatic carbocycles. The van der Waals surface area contributed by atoms with Crippen molar-refractivity contribution in [1.29, 1.82) is 0 Å². The van der Waals surface area contributed by atoms with E-state index in [4.69, 9.17) is 4.74 Å². The fourth-order valence-electron chi connectivity index (χ4n) is 2.78. The highest BCUT2D eigenvalue weighted by atomic mass is 32.2. The van der Waals surface area contributed by atoms with Crippen LogP contribution in [0.3, 0.4) is 0 Å². The van der Waals surface area contributed by atoms with Gasteiger partial charge in [0.05, 0.1) is 11.5 Å². The van der Waals surface area contributed by atoms with E-state index in [1.807, 2.05) is 20.8 Å². The first kappa shape index (κ1) is 16.5. The Morgan fingerprint density at radius 2 is 2.05 bits per heavy atom. The normalized spacial score (nSPS) is 28.8. The Morgan fingerprint density at radius 1 is 1.33 bits per heavy atom. The van der Waals surface area contributed by atoms with E-state index in [1.165, 1.54) is 0 Å². The van der Waals surface area contributed by atoms with Gasteiger partial charge in [-0.1, -0.05) is 0 Å². The van der Waals surface area contributed by atoms with E-state index in [-0.39, 0.29) is 17.9 Å².